The Morgan fingerprint density at radius 2 is 1.81 bits per heavy atom. The molecular formula is C18H10Cl4N2OS. The summed E-state index contributed by atoms with van der Waals surface area (Å²) in [4.78, 5) is 16.5. The minimum Gasteiger partial charge on any atom is -0.298 e. The van der Waals surface area contributed by atoms with Crippen molar-refractivity contribution in [2.45, 2.75) is 0 Å². The number of hydrogen-bond donors (Lipinski definition) is 1. The number of aromatic nitrogens is 1. The Kier molecular flexibility index (Phi) is 6.22. The highest BCUT2D eigenvalue weighted by Crippen LogP contribution is 2.30. The molecule has 1 aromatic heterocycles. The lowest BCUT2D eigenvalue weighted by molar-refractivity contribution is -0.111. The summed E-state index contributed by atoms with van der Waals surface area (Å²) >= 11 is 25.2. The first-order chi connectivity index (χ1) is 12.4. The highest BCUT2D eigenvalue weighted by Gasteiger charge is 2.08. The molecule has 0 spiro atoms. The van der Waals surface area contributed by atoms with Crippen LogP contribution in [-0.2, 0) is 4.79 Å². The van der Waals surface area contributed by atoms with Gasteiger partial charge in [0.25, 0.3) is 0 Å². The molecule has 8 heteroatoms. The fraction of sp³-hybridized carbons (Fsp3) is 0. The average molecular weight is 444 g/mol. The summed E-state index contributed by atoms with van der Waals surface area (Å²) in [7, 11) is 0. The number of amides is 1. The van der Waals surface area contributed by atoms with Crippen LogP contribution in [0.25, 0.3) is 17.3 Å². The van der Waals surface area contributed by atoms with Crippen molar-refractivity contribution < 1.29 is 4.79 Å². The molecule has 3 aromatic rings. The Morgan fingerprint density at radius 3 is 2.54 bits per heavy atom. The van der Waals surface area contributed by atoms with E-state index < -0.39 is 0 Å². The molecule has 132 valence electrons. The third kappa shape index (κ3) is 4.78. The van der Waals surface area contributed by atoms with Gasteiger partial charge in [-0.05, 0) is 35.9 Å². The molecule has 1 amide bonds. The van der Waals surface area contributed by atoms with E-state index in [9.17, 15) is 4.79 Å². The number of rotatable bonds is 4. The molecule has 26 heavy (non-hydrogen) atoms. The zero-order valence-corrected chi connectivity index (χ0v) is 16.8. The van der Waals surface area contributed by atoms with Gasteiger partial charge in [0, 0.05) is 27.1 Å². The maximum Gasteiger partial charge on any atom is 0.250 e. The highest BCUT2D eigenvalue weighted by atomic mass is 35.5. The maximum absolute atomic E-state index is 12.1. The predicted molar refractivity (Wildman–Crippen MR) is 112 cm³/mol. The van der Waals surface area contributed by atoms with Crippen molar-refractivity contribution >= 4 is 74.9 Å². The Labute approximate surface area is 174 Å². The fourth-order valence-corrected chi connectivity index (χ4v) is 3.56. The van der Waals surface area contributed by atoms with Gasteiger partial charge >= 0.3 is 0 Å². The zero-order valence-electron chi connectivity index (χ0n) is 13.0. The lowest BCUT2D eigenvalue weighted by Gasteiger charge is -2.00. The van der Waals surface area contributed by atoms with Gasteiger partial charge in [-0.2, -0.15) is 0 Å². The van der Waals surface area contributed by atoms with Crippen LogP contribution < -0.4 is 5.32 Å². The van der Waals surface area contributed by atoms with Crippen molar-refractivity contribution in [3.63, 3.8) is 0 Å². The van der Waals surface area contributed by atoms with Gasteiger partial charge in [-0.3, -0.25) is 10.1 Å². The smallest absolute Gasteiger partial charge is 0.250 e. The Bertz CT molecular complexity index is 1000. The number of hydrogen-bond acceptors (Lipinski definition) is 3. The van der Waals surface area contributed by atoms with Crippen LogP contribution in [0.2, 0.25) is 20.1 Å². The summed E-state index contributed by atoms with van der Waals surface area (Å²) in [6.07, 6.45) is 3.00. The second-order valence-corrected chi connectivity index (χ2v) is 7.67. The molecule has 1 N–H and O–H groups in total. The number of anilines is 1. The van der Waals surface area contributed by atoms with Crippen LogP contribution in [0.4, 0.5) is 5.13 Å². The first-order valence-electron chi connectivity index (χ1n) is 7.27. The predicted octanol–water partition coefficient (Wildman–Crippen LogP) is 7.08. The molecule has 1 heterocycles. The molecule has 0 saturated heterocycles. The van der Waals surface area contributed by atoms with Crippen LogP contribution >= 0.6 is 57.7 Å². The van der Waals surface area contributed by atoms with Crippen molar-refractivity contribution in [3.05, 3.63) is 73.5 Å². The van der Waals surface area contributed by atoms with Gasteiger partial charge in [-0.15, -0.1) is 11.3 Å². The van der Waals surface area contributed by atoms with E-state index in [0.717, 1.165) is 5.56 Å². The molecule has 0 aliphatic carbocycles. The summed E-state index contributed by atoms with van der Waals surface area (Å²) in [5.74, 6) is -0.314. The van der Waals surface area contributed by atoms with Crippen LogP contribution in [-0.4, -0.2) is 10.9 Å². The Morgan fingerprint density at radius 1 is 1.00 bits per heavy atom. The molecule has 0 atom stereocenters. The molecule has 0 aliphatic rings. The van der Waals surface area contributed by atoms with Crippen LogP contribution in [0, 0.1) is 0 Å². The van der Waals surface area contributed by atoms with Crippen molar-refractivity contribution in [2.75, 3.05) is 5.32 Å². The Hall–Kier alpha value is -1.56. The molecule has 0 saturated carbocycles. The number of carbonyl (C=O) groups excluding carboxylic acids is 1. The largest absolute Gasteiger partial charge is 0.298 e. The molecule has 3 rings (SSSR count). The van der Waals surface area contributed by atoms with E-state index in [1.54, 1.807) is 36.4 Å². The second-order valence-electron chi connectivity index (χ2n) is 5.16. The summed E-state index contributed by atoms with van der Waals surface area (Å²) in [6.45, 7) is 0. The van der Waals surface area contributed by atoms with E-state index in [4.69, 9.17) is 46.4 Å². The standard InChI is InChI=1S/C18H10Cl4N2OS/c19-12-4-1-10(14(21)8-12)3-6-17(25)24-18-23-16(9-26-18)11-2-5-13(20)15(22)7-11/h1-9H,(H,23,24,25)/b6-3+. The monoisotopic (exact) mass is 442 g/mol. The van der Waals surface area contributed by atoms with Crippen LogP contribution in [0.1, 0.15) is 5.56 Å². The molecule has 0 unspecified atom stereocenters. The lowest BCUT2D eigenvalue weighted by Crippen LogP contribution is -2.07. The van der Waals surface area contributed by atoms with Gasteiger partial charge < -0.3 is 0 Å². The van der Waals surface area contributed by atoms with E-state index in [1.807, 2.05) is 11.4 Å². The quantitative estimate of drug-likeness (QED) is 0.437. The maximum atomic E-state index is 12.1. The number of nitrogens with one attached hydrogen (secondary N) is 1. The second kappa shape index (κ2) is 8.42. The van der Waals surface area contributed by atoms with E-state index in [1.165, 1.54) is 17.4 Å². The number of nitrogens with zero attached hydrogens (tertiary/aromatic N) is 1. The third-order valence-corrected chi connectivity index (χ3v) is 5.39. The summed E-state index contributed by atoms with van der Waals surface area (Å²) in [6, 6.07) is 10.3. The molecular weight excluding hydrogens is 434 g/mol. The van der Waals surface area contributed by atoms with Crippen molar-refractivity contribution in [3.8, 4) is 11.3 Å². The molecule has 3 nitrogen and oxygen atoms in total. The van der Waals surface area contributed by atoms with Gasteiger partial charge in [0.2, 0.25) is 5.91 Å². The van der Waals surface area contributed by atoms with E-state index in [-0.39, 0.29) is 5.91 Å². The number of halogens is 4. The lowest BCUT2D eigenvalue weighted by atomic mass is 10.2. The SMILES string of the molecule is O=C(/C=C/c1ccc(Cl)cc1Cl)Nc1nc(-c2ccc(Cl)c(Cl)c2)cs1. The van der Waals surface area contributed by atoms with Crippen LogP contribution in [0.3, 0.4) is 0 Å². The summed E-state index contributed by atoms with van der Waals surface area (Å²) in [5.41, 5.74) is 2.22. The first-order valence-corrected chi connectivity index (χ1v) is 9.66. The normalized spacial score (nSPS) is 11.1. The van der Waals surface area contributed by atoms with Gasteiger partial charge in [0.05, 0.1) is 15.7 Å². The van der Waals surface area contributed by atoms with Gasteiger partial charge in [0.15, 0.2) is 5.13 Å². The average Bonchev–Trinajstić information content (AvgIpc) is 3.05. The minimum atomic E-state index is -0.314. The fourth-order valence-electron chi connectivity index (χ4n) is 2.07. The molecule has 2 aromatic carbocycles. The number of carbonyl (C=O) groups is 1. The van der Waals surface area contributed by atoms with E-state index in [0.29, 0.717) is 36.5 Å². The summed E-state index contributed by atoms with van der Waals surface area (Å²) < 4.78 is 0. The molecule has 0 aliphatic heterocycles. The number of thiazole rings is 1. The van der Waals surface area contributed by atoms with Crippen LogP contribution in [0.15, 0.2) is 47.9 Å². The van der Waals surface area contributed by atoms with Gasteiger partial charge in [-0.1, -0.05) is 58.5 Å². The molecule has 0 bridgehead atoms. The van der Waals surface area contributed by atoms with Gasteiger partial charge in [0.1, 0.15) is 0 Å². The number of benzene rings is 2. The minimum absolute atomic E-state index is 0.314. The van der Waals surface area contributed by atoms with E-state index in [2.05, 4.69) is 10.3 Å². The highest BCUT2D eigenvalue weighted by molar-refractivity contribution is 7.14. The molecule has 0 fully saturated rings. The Balaban J connectivity index is 1.69. The van der Waals surface area contributed by atoms with E-state index >= 15 is 0 Å². The topological polar surface area (TPSA) is 42.0 Å². The molecule has 0 radical (unpaired) electrons. The summed E-state index contributed by atoms with van der Waals surface area (Å²) in [5, 5.41) is 6.95. The van der Waals surface area contributed by atoms with Gasteiger partial charge in [-0.25, -0.2) is 4.98 Å². The van der Waals surface area contributed by atoms with Crippen LogP contribution in [0.5, 0.6) is 0 Å². The third-order valence-electron chi connectivity index (χ3n) is 3.33. The first kappa shape index (κ1) is 19.2. The van der Waals surface area contributed by atoms with Crippen molar-refractivity contribution in [1.82, 2.24) is 4.98 Å². The van der Waals surface area contributed by atoms with Crippen molar-refractivity contribution in [1.29, 1.82) is 0 Å². The van der Waals surface area contributed by atoms with Crippen molar-refractivity contribution in [2.24, 2.45) is 0 Å². The zero-order chi connectivity index (χ0) is 18.7.